The summed E-state index contributed by atoms with van der Waals surface area (Å²) in [5.74, 6) is 0.624. The van der Waals surface area contributed by atoms with E-state index in [4.69, 9.17) is 0 Å². The van der Waals surface area contributed by atoms with Gasteiger partial charge in [-0.05, 0) is 37.5 Å². The molecule has 6 nitrogen and oxygen atoms in total. The molecule has 0 unspecified atom stereocenters. The summed E-state index contributed by atoms with van der Waals surface area (Å²) in [7, 11) is 0. The van der Waals surface area contributed by atoms with Crippen molar-refractivity contribution in [2.45, 2.75) is 49.4 Å². The molecule has 156 valence electrons. The van der Waals surface area contributed by atoms with Crippen LogP contribution in [0.2, 0.25) is 0 Å². The summed E-state index contributed by atoms with van der Waals surface area (Å²) >= 11 is 3.07. The van der Waals surface area contributed by atoms with E-state index in [1.54, 1.807) is 11.3 Å². The minimum atomic E-state index is 0.191. The second-order valence-corrected chi connectivity index (χ2v) is 10.0. The van der Waals surface area contributed by atoms with Crippen molar-refractivity contribution in [2.75, 3.05) is 42.1 Å². The van der Waals surface area contributed by atoms with Crippen LogP contribution in [-0.4, -0.2) is 59.0 Å². The van der Waals surface area contributed by atoms with Crippen LogP contribution in [0.5, 0.6) is 0 Å². The average Bonchev–Trinajstić information content (AvgIpc) is 3.20. The van der Waals surface area contributed by atoms with Gasteiger partial charge in [-0.2, -0.15) is 0 Å². The normalized spacial score (nSPS) is 18.1. The monoisotopic (exact) mass is 431 g/mol. The predicted molar refractivity (Wildman–Crippen MR) is 121 cm³/mol. The Kier molecular flexibility index (Phi) is 6.92. The van der Waals surface area contributed by atoms with Crippen LogP contribution in [0.15, 0.2) is 28.6 Å². The van der Waals surface area contributed by atoms with Gasteiger partial charge >= 0.3 is 0 Å². The Morgan fingerprint density at radius 1 is 1.17 bits per heavy atom. The molecule has 29 heavy (non-hydrogen) atoms. The Hall–Kier alpha value is -1.80. The predicted octanol–water partition coefficient (Wildman–Crippen LogP) is 4.03. The fourth-order valence-corrected chi connectivity index (χ4v) is 5.73. The number of carbonyl (C=O) groups is 1. The maximum absolute atomic E-state index is 12.6. The zero-order valence-corrected chi connectivity index (χ0v) is 18.6. The number of nitrogens with one attached hydrogen (secondary N) is 1. The first-order chi connectivity index (χ1) is 14.2. The summed E-state index contributed by atoms with van der Waals surface area (Å²) in [6.45, 7) is 5.43. The van der Waals surface area contributed by atoms with E-state index in [0.29, 0.717) is 11.8 Å². The number of hydrogen-bond donors (Lipinski definition) is 1. The number of aryl methyl sites for hydroxylation is 1. The van der Waals surface area contributed by atoms with E-state index in [0.717, 1.165) is 35.7 Å². The second kappa shape index (κ2) is 9.80. The molecule has 1 aromatic heterocycles. The van der Waals surface area contributed by atoms with Gasteiger partial charge in [0.15, 0.2) is 4.34 Å². The van der Waals surface area contributed by atoms with Crippen molar-refractivity contribution in [3.63, 3.8) is 0 Å². The maximum atomic E-state index is 12.6. The fourth-order valence-electron chi connectivity index (χ4n) is 4.00. The zero-order valence-electron chi connectivity index (χ0n) is 17.0. The smallest absolute Gasteiger partial charge is 0.233 e. The Labute approximate surface area is 181 Å². The van der Waals surface area contributed by atoms with Crippen molar-refractivity contribution in [3.8, 4) is 0 Å². The van der Waals surface area contributed by atoms with Gasteiger partial charge in [0.1, 0.15) is 0 Å². The molecule has 1 saturated carbocycles. The third-order valence-corrected chi connectivity index (χ3v) is 7.63. The maximum Gasteiger partial charge on any atom is 0.233 e. The molecule has 4 rings (SSSR count). The minimum absolute atomic E-state index is 0.191. The molecule has 0 atom stereocenters. The van der Waals surface area contributed by atoms with E-state index in [1.807, 2.05) is 4.90 Å². The summed E-state index contributed by atoms with van der Waals surface area (Å²) < 4.78 is 0.870. The van der Waals surface area contributed by atoms with Crippen LogP contribution in [0.3, 0.4) is 0 Å². The van der Waals surface area contributed by atoms with Crippen molar-refractivity contribution in [1.29, 1.82) is 0 Å². The average molecular weight is 432 g/mol. The Morgan fingerprint density at radius 2 is 1.97 bits per heavy atom. The molecule has 0 bridgehead atoms. The lowest BCUT2D eigenvalue weighted by Crippen LogP contribution is -2.49. The van der Waals surface area contributed by atoms with Crippen molar-refractivity contribution in [2.24, 2.45) is 0 Å². The molecule has 1 saturated heterocycles. The van der Waals surface area contributed by atoms with Gasteiger partial charge in [-0.15, -0.1) is 10.2 Å². The van der Waals surface area contributed by atoms with Crippen LogP contribution in [0.25, 0.3) is 0 Å². The fraction of sp³-hybridized carbons (Fsp3) is 0.571. The van der Waals surface area contributed by atoms with Gasteiger partial charge in [-0.25, -0.2) is 0 Å². The first kappa shape index (κ1) is 20.5. The van der Waals surface area contributed by atoms with E-state index in [9.17, 15) is 4.79 Å². The van der Waals surface area contributed by atoms with Crippen molar-refractivity contribution in [3.05, 3.63) is 29.8 Å². The molecule has 1 N–H and O–H groups in total. The van der Waals surface area contributed by atoms with Crippen molar-refractivity contribution in [1.82, 2.24) is 15.1 Å². The molecule has 2 aliphatic rings. The zero-order chi connectivity index (χ0) is 20.1. The second-order valence-electron chi connectivity index (χ2n) is 7.85. The highest BCUT2D eigenvalue weighted by molar-refractivity contribution is 8.01. The van der Waals surface area contributed by atoms with Gasteiger partial charge in [0, 0.05) is 37.9 Å². The summed E-state index contributed by atoms with van der Waals surface area (Å²) in [6.07, 6.45) is 6.37. The van der Waals surface area contributed by atoms with Gasteiger partial charge in [0.25, 0.3) is 0 Å². The number of amides is 1. The number of aromatic nitrogens is 2. The van der Waals surface area contributed by atoms with E-state index in [2.05, 4.69) is 51.6 Å². The molecule has 0 spiro atoms. The van der Waals surface area contributed by atoms with E-state index < -0.39 is 0 Å². The molecule has 2 fully saturated rings. The highest BCUT2D eigenvalue weighted by atomic mass is 32.2. The standard InChI is InChI=1S/C21H29N5OS2/c1-16-6-5-9-18(14-16)25-10-12-26(13-11-25)19(27)15-28-21-24-23-20(29-21)22-17-7-3-2-4-8-17/h5-6,9,14,17H,2-4,7-8,10-13,15H2,1H3,(H,22,23). The van der Waals surface area contributed by atoms with E-state index in [-0.39, 0.29) is 5.91 Å². The molecule has 2 aromatic rings. The highest BCUT2D eigenvalue weighted by Crippen LogP contribution is 2.28. The van der Waals surface area contributed by atoms with E-state index >= 15 is 0 Å². The third kappa shape index (κ3) is 5.63. The molecule has 1 aliphatic heterocycles. The Bertz CT molecular complexity index is 813. The Morgan fingerprint density at radius 3 is 2.72 bits per heavy atom. The molecule has 1 aliphatic carbocycles. The molecule has 2 heterocycles. The number of benzene rings is 1. The van der Waals surface area contributed by atoms with Crippen LogP contribution >= 0.6 is 23.1 Å². The van der Waals surface area contributed by atoms with Crippen molar-refractivity contribution >= 4 is 39.8 Å². The molecule has 8 heteroatoms. The minimum Gasteiger partial charge on any atom is -0.368 e. The summed E-state index contributed by atoms with van der Waals surface area (Å²) in [6, 6.07) is 9.10. The van der Waals surface area contributed by atoms with Crippen LogP contribution < -0.4 is 10.2 Å². The summed E-state index contributed by atoms with van der Waals surface area (Å²) in [5, 5.41) is 12.9. The number of carbonyl (C=O) groups excluding carboxylic acids is 1. The molecular weight excluding hydrogens is 402 g/mol. The lowest BCUT2D eigenvalue weighted by molar-refractivity contribution is -0.128. The quantitative estimate of drug-likeness (QED) is 0.697. The van der Waals surface area contributed by atoms with Gasteiger partial charge in [-0.1, -0.05) is 54.5 Å². The van der Waals surface area contributed by atoms with Gasteiger partial charge in [-0.3, -0.25) is 4.79 Å². The van der Waals surface area contributed by atoms with Gasteiger partial charge in [0.2, 0.25) is 11.0 Å². The number of nitrogens with zero attached hydrogens (tertiary/aromatic N) is 4. The summed E-state index contributed by atoms with van der Waals surface area (Å²) in [4.78, 5) is 17.0. The molecular formula is C21H29N5OS2. The number of hydrogen-bond acceptors (Lipinski definition) is 7. The van der Waals surface area contributed by atoms with Crippen LogP contribution in [0.1, 0.15) is 37.7 Å². The largest absolute Gasteiger partial charge is 0.368 e. The molecule has 1 aromatic carbocycles. The number of anilines is 2. The Balaban J connectivity index is 1.21. The van der Waals surface area contributed by atoms with Gasteiger partial charge in [0.05, 0.1) is 5.75 Å². The lowest BCUT2D eigenvalue weighted by atomic mass is 9.96. The lowest BCUT2D eigenvalue weighted by Gasteiger charge is -2.36. The molecule has 0 radical (unpaired) electrons. The van der Waals surface area contributed by atoms with Crippen LogP contribution in [0.4, 0.5) is 10.8 Å². The number of piperazine rings is 1. The number of rotatable bonds is 6. The van der Waals surface area contributed by atoms with E-state index in [1.165, 1.54) is 55.1 Å². The topological polar surface area (TPSA) is 61.4 Å². The first-order valence-electron chi connectivity index (χ1n) is 10.5. The van der Waals surface area contributed by atoms with Crippen LogP contribution in [-0.2, 0) is 4.79 Å². The highest BCUT2D eigenvalue weighted by Gasteiger charge is 2.22. The SMILES string of the molecule is Cc1cccc(N2CCN(C(=O)CSc3nnc(NC4CCCCC4)s3)CC2)c1. The molecule has 1 amide bonds. The summed E-state index contributed by atoms with van der Waals surface area (Å²) in [5.41, 5.74) is 2.52. The van der Waals surface area contributed by atoms with Crippen molar-refractivity contribution < 1.29 is 4.79 Å². The van der Waals surface area contributed by atoms with Crippen LogP contribution in [0, 0.1) is 6.92 Å². The number of thioether (sulfide) groups is 1. The third-order valence-electron chi connectivity index (χ3n) is 5.66. The first-order valence-corrected chi connectivity index (χ1v) is 12.3. The van der Waals surface area contributed by atoms with Gasteiger partial charge < -0.3 is 15.1 Å².